The van der Waals surface area contributed by atoms with Gasteiger partial charge in [0.05, 0.1) is 24.6 Å². The summed E-state index contributed by atoms with van der Waals surface area (Å²) in [7, 11) is -1.51. The van der Waals surface area contributed by atoms with Crippen LogP contribution in [0, 0.1) is 0 Å². The topological polar surface area (TPSA) is 0 Å². The Hall–Kier alpha value is -0.290. The summed E-state index contributed by atoms with van der Waals surface area (Å²) in [6, 6.07) is 35.6. The maximum Gasteiger partial charge on any atom is 0.0852 e. The van der Waals surface area contributed by atoms with Crippen LogP contribution in [0.15, 0.2) is 115 Å². The third-order valence-electron chi connectivity index (χ3n) is 5.72. The second kappa shape index (κ2) is 13.3. The van der Waals surface area contributed by atoms with Crippen LogP contribution in [0.25, 0.3) is 0 Å². The van der Waals surface area contributed by atoms with Crippen molar-refractivity contribution in [3.05, 3.63) is 137 Å². The van der Waals surface area contributed by atoms with Gasteiger partial charge in [-0.2, -0.15) is 0 Å². The Morgan fingerprint density at radius 2 is 0.529 bits per heavy atom. The Morgan fingerprint density at radius 1 is 0.353 bits per heavy atom. The van der Waals surface area contributed by atoms with Gasteiger partial charge in [0, 0.05) is 25.2 Å². The van der Waals surface area contributed by atoms with Crippen LogP contribution in [0.4, 0.5) is 0 Å². The van der Waals surface area contributed by atoms with Gasteiger partial charge in [-0.3, -0.25) is 0 Å². The van der Waals surface area contributed by atoms with Gasteiger partial charge in [0.2, 0.25) is 0 Å². The summed E-state index contributed by atoms with van der Waals surface area (Å²) >= 11 is 14.4. The molecule has 176 valence electrons. The van der Waals surface area contributed by atoms with Crippen molar-refractivity contribution in [2.24, 2.45) is 0 Å². The van der Waals surface area contributed by atoms with E-state index in [0.717, 1.165) is 42.5 Å². The molecule has 0 nitrogen and oxygen atoms in total. The highest BCUT2D eigenvalue weighted by Crippen LogP contribution is 2.68. The van der Waals surface area contributed by atoms with Crippen LogP contribution in [-0.4, -0.2) is 0 Å². The van der Waals surface area contributed by atoms with Gasteiger partial charge >= 0.3 is 0 Å². The lowest BCUT2D eigenvalue weighted by Crippen LogP contribution is -3.00. The van der Waals surface area contributed by atoms with Crippen LogP contribution in [0.1, 0.15) is 22.3 Å². The third kappa shape index (κ3) is 8.39. The number of halogens is 5. The zero-order valence-corrected chi connectivity index (χ0v) is 27.2. The minimum absolute atomic E-state index is 0. The highest BCUT2D eigenvalue weighted by molar-refractivity contribution is 9.11. The van der Waals surface area contributed by atoms with Gasteiger partial charge in [-0.05, 0) is 70.8 Å². The van der Waals surface area contributed by atoms with Crippen molar-refractivity contribution in [3.8, 4) is 0 Å². The van der Waals surface area contributed by atoms with E-state index >= 15 is 0 Å². The average Bonchev–Trinajstić information content (AvgIpc) is 2.80. The molecule has 0 atom stereocenters. The maximum absolute atomic E-state index is 3.60. The Kier molecular flexibility index (Phi) is 11.1. The third-order valence-corrected chi connectivity index (χ3v) is 12.0. The Morgan fingerprint density at radius 3 is 0.706 bits per heavy atom. The van der Waals surface area contributed by atoms with E-state index in [1.54, 1.807) is 0 Å². The number of benzene rings is 4. The summed E-state index contributed by atoms with van der Waals surface area (Å²) < 4.78 is 4.51. The maximum atomic E-state index is 3.60. The molecule has 0 unspecified atom stereocenters. The molecule has 0 fully saturated rings. The monoisotopic (exact) mass is 786 g/mol. The Bertz CT molecular complexity index is 976. The molecule has 0 spiro atoms. The van der Waals surface area contributed by atoms with E-state index in [9.17, 15) is 0 Å². The van der Waals surface area contributed by atoms with E-state index in [0.29, 0.717) is 0 Å². The molecule has 6 heteroatoms. The van der Waals surface area contributed by atoms with Crippen molar-refractivity contribution in [2.45, 2.75) is 24.6 Å². The van der Waals surface area contributed by atoms with Crippen LogP contribution in [-0.2, 0) is 24.6 Å². The first-order valence-corrected chi connectivity index (χ1v) is 16.4. The molecule has 0 aliphatic heterocycles. The summed E-state index contributed by atoms with van der Waals surface area (Å²) in [5.74, 6) is 0. The summed E-state index contributed by atoms with van der Waals surface area (Å²) in [5, 5.41) is 0. The Labute approximate surface area is 247 Å². The molecule has 0 amide bonds. The normalized spacial score (nSPS) is 11.2. The number of hydrogen-bond acceptors (Lipinski definition) is 0. The molecule has 0 aliphatic rings. The molecule has 0 radical (unpaired) electrons. The van der Waals surface area contributed by atoms with Crippen LogP contribution in [0.2, 0.25) is 0 Å². The van der Waals surface area contributed by atoms with Crippen molar-refractivity contribution in [1.29, 1.82) is 0 Å². The highest BCUT2D eigenvalue weighted by Gasteiger charge is 2.38. The average molecular weight is 791 g/mol. The molecule has 0 aliphatic carbocycles. The molecule has 0 saturated carbocycles. The second-order valence-electron chi connectivity index (χ2n) is 8.48. The van der Waals surface area contributed by atoms with Crippen molar-refractivity contribution in [3.63, 3.8) is 0 Å². The van der Waals surface area contributed by atoms with E-state index in [1.165, 1.54) is 22.3 Å². The van der Waals surface area contributed by atoms with Gasteiger partial charge in [0.15, 0.2) is 0 Å². The highest BCUT2D eigenvalue weighted by atomic mass is 79.9. The molecule has 0 bridgehead atoms. The van der Waals surface area contributed by atoms with Gasteiger partial charge in [-0.1, -0.05) is 112 Å². The van der Waals surface area contributed by atoms with Gasteiger partial charge in [0.1, 0.15) is 0 Å². The second-order valence-corrected chi connectivity index (χ2v) is 16.1. The molecule has 0 aromatic heterocycles. The molecule has 4 rings (SSSR count). The molecule has 0 saturated heterocycles. The van der Waals surface area contributed by atoms with E-state index in [1.807, 2.05) is 0 Å². The molecule has 0 heterocycles. The lowest BCUT2D eigenvalue weighted by molar-refractivity contribution is -0.00000633. The fraction of sp³-hybridized carbons (Fsp3) is 0.143. The smallest absolute Gasteiger partial charge is 0.0852 e. The van der Waals surface area contributed by atoms with E-state index in [4.69, 9.17) is 0 Å². The van der Waals surface area contributed by atoms with Crippen LogP contribution in [0.3, 0.4) is 0 Å². The predicted molar refractivity (Wildman–Crippen MR) is 158 cm³/mol. The van der Waals surface area contributed by atoms with Gasteiger partial charge in [0.25, 0.3) is 0 Å². The van der Waals surface area contributed by atoms with E-state index < -0.39 is 7.26 Å². The molecule has 0 N–H and O–H groups in total. The van der Waals surface area contributed by atoms with Crippen molar-refractivity contribution < 1.29 is 17.0 Å². The quantitative estimate of drug-likeness (QED) is 0.160. The molecule has 34 heavy (non-hydrogen) atoms. The fourth-order valence-electron chi connectivity index (χ4n) is 4.24. The minimum Gasteiger partial charge on any atom is -1.00 e. The largest absolute Gasteiger partial charge is 1.00 e. The first-order chi connectivity index (χ1) is 15.9. The summed E-state index contributed by atoms with van der Waals surface area (Å²) in [4.78, 5) is 0. The number of rotatable bonds is 8. The fourth-order valence-corrected chi connectivity index (χ4v) is 9.91. The molecular formula is C28H24Br5P. The molecule has 4 aromatic rings. The van der Waals surface area contributed by atoms with Crippen molar-refractivity contribution in [1.82, 2.24) is 0 Å². The summed E-state index contributed by atoms with van der Waals surface area (Å²) in [6.45, 7) is 0. The van der Waals surface area contributed by atoms with E-state index in [-0.39, 0.29) is 17.0 Å². The van der Waals surface area contributed by atoms with Crippen molar-refractivity contribution in [2.75, 3.05) is 0 Å². The summed E-state index contributed by atoms with van der Waals surface area (Å²) in [6.07, 6.45) is 4.45. The zero-order chi connectivity index (χ0) is 23.3. The number of hydrogen-bond donors (Lipinski definition) is 0. The minimum atomic E-state index is -1.51. The lowest BCUT2D eigenvalue weighted by Gasteiger charge is -2.29. The SMILES string of the molecule is Brc1ccc(C[P+](Cc2ccc(Br)cc2)(Cc2ccc(Br)cc2)Cc2ccc(Br)cc2)cc1.[Br-]. The van der Waals surface area contributed by atoms with E-state index in [2.05, 4.69) is 161 Å². The Balaban J connectivity index is 0.00000324. The van der Waals surface area contributed by atoms with Crippen molar-refractivity contribution >= 4 is 71.0 Å². The van der Waals surface area contributed by atoms with Gasteiger partial charge < -0.3 is 17.0 Å². The predicted octanol–water partition coefficient (Wildman–Crippen LogP) is 7.86. The van der Waals surface area contributed by atoms with Gasteiger partial charge in [-0.25, -0.2) is 0 Å². The standard InChI is InChI=1S/C28H24Br4P.BrH/c29-25-9-1-21(2-10-25)17-33(18-22-3-11-26(30)12-4-22,19-23-5-13-27(31)14-6-23)20-24-7-15-28(32)16-8-24;/h1-16H,17-20H2;1H/q+1;/p-1. The summed E-state index contributed by atoms with van der Waals surface area (Å²) in [5.41, 5.74) is 5.66. The van der Waals surface area contributed by atoms with Crippen LogP contribution in [0.5, 0.6) is 0 Å². The van der Waals surface area contributed by atoms with Crippen LogP contribution < -0.4 is 17.0 Å². The lowest BCUT2D eigenvalue weighted by atomic mass is 10.2. The molecule has 4 aromatic carbocycles. The molecular weight excluding hydrogens is 767 g/mol. The van der Waals surface area contributed by atoms with Gasteiger partial charge in [-0.15, -0.1) is 0 Å². The van der Waals surface area contributed by atoms with Crippen LogP contribution >= 0.6 is 71.0 Å². The first kappa shape index (κ1) is 28.3. The first-order valence-electron chi connectivity index (χ1n) is 10.7. The zero-order valence-electron chi connectivity index (χ0n) is 18.4.